The molecule has 3 N–H and O–H groups in total. The van der Waals surface area contributed by atoms with Crippen LogP contribution in [0.15, 0.2) is 30.6 Å². The van der Waals surface area contributed by atoms with Gasteiger partial charge in [-0.05, 0) is 24.3 Å². The van der Waals surface area contributed by atoms with Crippen LogP contribution in [0, 0.1) is 15.9 Å². The van der Waals surface area contributed by atoms with Gasteiger partial charge in [0.15, 0.2) is 0 Å². The predicted molar refractivity (Wildman–Crippen MR) is 62.8 cm³/mol. The molecule has 8 heteroatoms. The number of rotatable bonds is 3. The molecule has 0 saturated heterocycles. The lowest BCUT2D eigenvalue weighted by molar-refractivity contribution is -0.383. The Bertz CT molecular complexity index is 587. The van der Waals surface area contributed by atoms with Gasteiger partial charge in [0.25, 0.3) is 0 Å². The second-order valence-corrected chi connectivity index (χ2v) is 3.35. The summed E-state index contributed by atoms with van der Waals surface area (Å²) in [5, 5.41) is 13.5. The standard InChI is InChI=1S/C10H8FN5O2/c11-6-1-3-7(4-2-6)15-10-8(16(17)18)9(12)13-5-14-10/h1-5H,(H3,12,13,14,15). The molecule has 2 aromatic rings. The minimum absolute atomic E-state index is 0.0425. The minimum atomic E-state index is -0.679. The number of nitrogens with one attached hydrogen (secondary N) is 1. The van der Waals surface area contributed by atoms with Crippen molar-refractivity contribution in [1.29, 1.82) is 0 Å². The first kappa shape index (κ1) is 11.7. The Morgan fingerprint density at radius 2 is 1.94 bits per heavy atom. The Balaban J connectivity index is 2.37. The van der Waals surface area contributed by atoms with Gasteiger partial charge in [-0.15, -0.1) is 0 Å². The lowest BCUT2D eigenvalue weighted by Crippen LogP contribution is -2.04. The number of nitrogens with two attached hydrogens (primary N) is 1. The van der Waals surface area contributed by atoms with Crippen molar-refractivity contribution in [2.45, 2.75) is 0 Å². The fourth-order valence-electron chi connectivity index (χ4n) is 1.33. The van der Waals surface area contributed by atoms with Crippen LogP contribution in [0.2, 0.25) is 0 Å². The molecule has 1 heterocycles. The van der Waals surface area contributed by atoms with Crippen LogP contribution in [-0.2, 0) is 0 Å². The SMILES string of the molecule is Nc1ncnc(Nc2ccc(F)cc2)c1[N+](=O)[O-]. The Hall–Kier alpha value is -2.77. The maximum Gasteiger partial charge on any atom is 0.353 e. The van der Waals surface area contributed by atoms with Crippen molar-refractivity contribution in [1.82, 2.24) is 9.97 Å². The first-order valence-corrected chi connectivity index (χ1v) is 4.85. The fourth-order valence-corrected chi connectivity index (χ4v) is 1.33. The van der Waals surface area contributed by atoms with Crippen molar-refractivity contribution in [3.63, 3.8) is 0 Å². The van der Waals surface area contributed by atoms with Crippen LogP contribution < -0.4 is 11.1 Å². The maximum absolute atomic E-state index is 12.7. The van der Waals surface area contributed by atoms with Crippen LogP contribution in [0.3, 0.4) is 0 Å². The Kier molecular flexibility index (Phi) is 3.00. The number of aromatic nitrogens is 2. The first-order valence-electron chi connectivity index (χ1n) is 4.85. The molecular weight excluding hydrogens is 241 g/mol. The van der Waals surface area contributed by atoms with E-state index in [4.69, 9.17) is 5.73 Å². The van der Waals surface area contributed by atoms with E-state index >= 15 is 0 Å². The van der Waals surface area contributed by atoms with Gasteiger partial charge < -0.3 is 11.1 Å². The van der Waals surface area contributed by atoms with Crippen LogP contribution in [0.25, 0.3) is 0 Å². The zero-order valence-corrected chi connectivity index (χ0v) is 9.00. The van der Waals surface area contributed by atoms with Crippen LogP contribution in [-0.4, -0.2) is 14.9 Å². The normalized spacial score (nSPS) is 10.1. The van der Waals surface area contributed by atoms with E-state index in [1.165, 1.54) is 24.3 Å². The van der Waals surface area contributed by atoms with Crippen molar-refractivity contribution in [3.05, 3.63) is 46.5 Å². The molecule has 18 heavy (non-hydrogen) atoms. The summed E-state index contributed by atoms with van der Waals surface area (Å²) in [6, 6.07) is 5.30. The molecule has 0 aliphatic heterocycles. The number of nitrogens with zero attached hydrogens (tertiary/aromatic N) is 3. The van der Waals surface area contributed by atoms with Crippen LogP contribution in [0.5, 0.6) is 0 Å². The molecule has 0 spiro atoms. The van der Waals surface area contributed by atoms with Crippen molar-refractivity contribution >= 4 is 23.0 Å². The van der Waals surface area contributed by atoms with E-state index in [0.717, 1.165) is 6.33 Å². The van der Waals surface area contributed by atoms with E-state index in [1.54, 1.807) is 0 Å². The molecule has 92 valence electrons. The minimum Gasteiger partial charge on any atom is -0.378 e. The van der Waals surface area contributed by atoms with Gasteiger partial charge in [0.05, 0.1) is 4.92 Å². The zero-order valence-electron chi connectivity index (χ0n) is 9.00. The van der Waals surface area contributed by atoms with Crippen LogP contribution in [0.1, 0.15) is 0 Å². The van der Waals surface area contributed by atoms with E-state index in [9.17, 15) is 14.5 Å². The average Bonchev–Trinajstić information content (AvgIpc) is 2.32. The van der Waals surface area contributed by atoms with Crippen LogP contribution in [0.4, 0.5) is 27.4 Å². The molecule has 0 atom stereocenters. The highest BCUT2D eigenvalue weighted by atomic mass is 19.1. The third-order valence-corrected chi connectivity index (χ3v) is 2.14. The van der Waals surface area contributed by atoms with Gasteiger partial charge in [-0.2, -0.15) is 0 Å². The number of anilines is 3. The van der Waals surface area contributed by atoms with Gasteiger partial charge in [-0.25, -0.2) is 14.4 Å². The largest absolute Gasteiger partial charge is 0.378 e. The third-order valence-electron chi connectivity index (χ3n) is 2.14. The van der Waals surface area contributed by atoms with E-state index in [1.807, 2.05) is 0 Å². The van der Waals surface area contributed by atoms with Gasteiger partial charge in [0, 0.05) is 5.69 Å². The van der Waals surface area contributed by atoms with Crippen LogP contribution >= 0.6 is 0 Å². The summed E-state index contributed by atoms with van der Waals surface area (Å²) >= 11 is 0. The van der Waals surface area contributed by atoms with E-state index in [-0.39, 0.29) is 11.6 Å². The van der Waals surface area contributed by atoms with E-state index < -0.39 is 16.4 Å². The quantitative estimate of drug-likeness (QED) is 0.635. The number of hydrogen-bond donors (Lipinski definition) is 2. The maximum atomic E-state index is 12.7. The van der Waals surface area contributed by atoms with Gasteiger partial charge in [-0.3, -0.25) is 10.1 Å². The fraction of sp³-hybridized carbons (Fsp3) is 0. The summed E-state index contributed by atoms with van der Waals surface area (Å²) < 4.78 is 12.7. The van der Waals surface area contributed by atoms with Gasteiger partial charge >= 0.3 is 5.69 Å². The molecule has 2 rings (SSSR count). The summed E-state index contributed by atoms with van der Waals surface area (Å²) in [6.45, 7) is 0. The average molecular weight is 249 g/mol. The summed E-state index contributed by atoms with van der Waals surface area (Å²) in [5.41, 5.74) is 5.45. The number of nitrogen functional groups attached to an aromatic ring is 1. The topological polar surface area (TPSA) is 107 Å². The molecule has 0 saturated carbocycles. The summed E-state index contributed by atoms with van der Waals surface area (Å²) in [7, 11) is 0. The second-order valence-electron chi connectivity index (χ2n) is 3.35. The highest BCUT2D eigenvalue weighted by molar-refractivity contribution is 5.72. The zero-order chi connectivity index (χ0) is 13.1. The van der Waals surface area contributed by atoms with E-state index in [2.05, 4.69) is 15.3 Å². The molecule has 0 aliphatic rings. The van der Waals surface area contributed by atoms with Crippen molar-refractivity contribution < 1.29 is 9.31 Å². The van der Waals surface area contributed by atoms with E-state index in [0.29, 0.717) is 5.69 Å². The Morgan fingerprint density at radius 1 is 1.28 bits per heavy atom. The second kappa shape index (κ2) is 4.62. The highest BCUT2D eigenvalue weighted by Crippen LogP contribution is 2.28. The van der Waals surface area contributed by atoms with Gasteiger partial charge in [-0.1, -0.05) is 0 Å². The smallest absolute Gasteiger partial charge is 0.353 e. The molecule has 0 amide bonds. The third kappa shape index (κ3) is 2.32. The molecule has 0 aliphatic carbocycles. The molecule has 1 aromatic heterocycles. The predicted octanol–water partition coefficient (Wildman–Crippen LogP) is 1.85. The van der Waals surface area contributed by atoms with Crippen molar-refractivity contribution in [3.8, 4) is 0 Å². The number of halogens is 1. The van der Waals surface area contributed by atoms with Crippen molar-refractivity contribution in [2.75, 3.05) is 11.1 Å². The van der Waals surface area contributed by atoms with Gasteiger partial charge in [0.1, 0.15) is 12.1 Å². The molecule has 0 fully saturated rings. The molecule has 0 unspecified atom stereocenters. The monoisotopic (exact) mass is 249 g/mol. The van der Waals surface area contributed by atoms with Gasteiger partial charge in [0.2, 0.25) is 11.6 Å². The number of benzene rings is 1. The lowest BCUT2D eigenvalue weighted by Gasteiger charge is -2.06. The molecule has 0 radical (unpaired) electrons. The Morgan fingerprint density at radius 3 is 2.56 bits per heavy atom. The number of hydrogen-bond acceptors (Lipinski definition) is 6. The molecule has 7 nitrogen and oxygen atoms in total. The summed E-state index contributed by atoms with van der Waals surface area (Å²) in [6.07, 6.45) is 1.11. The Labute approximate surface area is 101 Å². The number of nitro groups is 1. The first-order chi connectivity index (χ1) is 8.58. The molecule has 1 aromatic carbocycles. The highest BCUT2D eigenvalue weighted by Gasteiger charge is 2.20. The summed E-state index contributed by atoms with van der Waals surface area (Å²) in [5.74, 6) is -0.684. The lowest BCUT2D eigenvalue weighted by atomic mass is 10.3. The van der Waals surface area contributed by atoms with Crippen molar-refractivity contribution in [2.24, 2.45) is 0 Å². The summed E-state index contributed by atoms with van der Waals surface area (Å²) in [4.78, 5) is 17.4. The molecular formula is C10H8FN5O2. The molecule has 0 bridgehead atoms.